The maximum Gasteiger partial charge on any atom is 0.278 e. The number of amides is 4. The molecular weight excluding hydrogens is 846 g/mol. The topological polar surface area (TPSA) is 192 Å². The zero-order chi connectivity index (χ0) is 46.0. The van der Waals surface area contributed by atoms with E-state index in [-0.39, 0.29) is 65.5 Å². The van der Waals surface area contributed by atoms with E-state index in [0.717, 1.165) is 55.6 Å². The number of hydrogen-bond acceptors (Lipinski definition) is 11. The standard InChI is InChI=1S/C49H54ClN9O6/c1-48(2)46(49(3,4)47(48)65-36-13-11-34(27-51)38(50)26-36)54-43(62)33-9-7-30(8-10-33)5-6-31-17-21-57(22-18-31)29-32-19-23-58(24-20-32)42(61)28-52-35-12-14-39-37(25-35)45(64)59(56-55-39)40-15-16-41(60)53-44(40)63/h7-14,25-26,31-32,40,46-47,52H,15-24,28-29H2,1-4H3,(H,54,62)(H,53,60,63). The Bertz CT molecular complexity index is 2650. The van der Waals surface area contributed by atoms with Gasteiger partial charge in [0.25, 0.3) is 17.4 Å². The summed E-state index contributed by atoms with van der Waals surface area (Å²) < 4.78 is 7.39. The number of rotatable bonds is 10. The van der Waals surface area contributed by atoms with Gasteiger partial charge in [-0.1, -0.05) is 56.4 Å². The van der Waals surface area contributed by atoms with Crippen molar-refractivity contribution in [3.8, 4) is 23.7 Å². The van der Waals surface area contributed by atoms with E-state index in [2.05, 4.69) is 76.8 Å². The molecule has 3 saturated heterocycles. The molecule has 1 aliphatic carbocycles. The largest absolute Gasteiger partial charge is 0.489 e. The van der Waals surface area contributed by atoms with Crippen LogP contribution in [0.15, 0.2) is 65.5 Å². The van der Waals surface area contributed by atoms with Crippen LogP contribution < -0.4 is 26.2 Å². The van der Waals surface area contributed by atoms with Crippen molar-refractivity contribution in [3.05, 3.63) is 92.7 Å². The number of nitriles is 1. The molecule has 1 atom stereocenters. The maximum atomic E-state index is 13.4. The fraction of sp³-hybridized carbons (Fsp3) is 0.469. The lowest BCUT2D eigenvalue weighted by Gasteiger charge is -2.63. The second kappa shape index (κ2) is 18.7. The van der Waals surface area contributed by atoms with Crippen LogP contribution >= 0.6 is 11.6 Å². The Morgan fingerprint density at radius 3 is 2.32 bits per heavy atom. The van der Waals surface area contributed by atoms with Gasteiger partial charge in [0.2, 0.25) is 11.8 Å². The summed E-state index contributed by atoms with van der Waals surface area (Å²) in [6, 6.07) is 18.6. The van der Waals surface area contributed by atoms with E-state index in [0.29, 0.717) is 58.0 Å². The third kappa shape index (κ3) is 9.73. The highest BCUT2D eigenvalue weighted by atomic mass is 35.5. The fourth-order valence-electron chi connectivity index (χ4n) is 10.3. The Morgan fingerprint density at radius 2 is 1.65 bits per heavy atom. The highest BCUT2D eigenvalue weighted by Crippen LogP contribution is 2.55. The highest BCUT2D eigenvalue weighted by molar-refractivity contribution is 6.31. The van der Waals surface area contributed by atoms with E-state index in [9.17, 15) is 29.2 Å². The molecule has 3 aromatic carbocycles. The van der Waals surface area contributed by atoms with E-state index in [1.54, 1.807) is 36.4 Å². The second-order valence-corrected chi connectivity index (χ2v) is 19.3. The summed E-state index contributed by atoms with van der Waals surface area (Å²) >= 11 is 6.25. The molecule has 8 rings (SSSR count). The van der Waals surface area contributed by atoms with Gasteiger partial charge in [-0.2, -0.15) is 9.94 Å². The van der Waals surface area contributed by atoms with Crippen LogP contribution in [0.5, 0.6) is 5.75 Å². The molecule has 4 fully saturated rings. The Hall–Kier alpha value is -6.29. The van der Waals surface area contributed by atoms with Crippen molar-refractivity contribution in [1.82, 2.24) is 35.4 Å². The van der Waals surface area contributed by atoms with Gasteiger partial charge in [0.05, 0.1) is 22.5 Å². The number of aromatic nitrogens is 3. The van der Waals surface area contributed by atoms with Crippen molar-refractivity contribution >= 4 is 51.8 Å². The Labute approximate surface area is 383 Å². The predicted molar refractivity (Wildman–Crippen MR) is 245 cm³/mol. The number of benzene rings is 3. The number of carbonyl (C=O) groups excluding carboxylic acids is 4. The lowest BCUT2D eigenvalue weighted by Crippen LogP contribution is -2.74. The first-order valence-corrected chi connectivity index (χ1v) is 22.7. The summed E-state index contributed by atoms with van der Waals surface area (Å²) in [6.45, 7) is 12.8. The predicted octanol–water partition coefficient (Wildman–Crippen LogP) is 5.32. The number of anilines is 1. The molecule has 3 aliphatic heterocycles. The van der Waals surface area contributed by atoms with Gasteiger partial charge in [-0.05, 0) is 106 Å². The van der Waals surface area contributed by atoms with Gasteiger partial charge in [0.1, 0.15) is 29.5 Å². The third-order valence-electron chi connectivity index (χ3n) is 13.7. The molecular formula is C49H54ClN9O6. The summed E-state index contributed by atoms with van der Waals surface area (Å²) in [5, 5.41) is 26.5. The molecule has 4 aromatic rings. The Balaban J connectivity index is 0.749. The first kappa shape index (κ1) is 45.3. The monoisotopic (exact) mass is 899 g/mol. The van der Waals surface area contributed by atoms with Crippen LogP contribution in [0.25, 0.3) is 10.9 Å². The Morgan fingerprint density at radius 1 is 0.923 bits per heavy atom. The molecule has 0 radical (unpaired) electrons. The summed E-state index contributed by atoms with van der Waals surface area (Å²) in [5.41, 5.74) is 1.59. The van der Waals surface area contributed by atoms with E-state index >= 15 is 0 Å². The summed E-state index contributed by atoms with van der Waals surface area (Å²) in [6.07, 6.45) is 3.97. The van der Waals surface area contributed by atoms with Crippen molar-refractivity contribution in [3.63, 3.8) is 0 Å². The van der Waals surface area contributed by atoms with Gasteiger partial charge in [0, 0.05) is 71.7 Å². The first-order valence-electron chi connectivity index (χ1n) is 22.4. The van der Waals surface area contributed by atoms with Gasteiger partial charge in [0.15, 0.2) is 0 Å². The van der Waals surface area contributed by atoms with Crippen LogP contribution in [0.4, 0.5) is 5.69 Å². The van der Waals surface area contributed by atoms with E-state index in [1.165, 1.54) is 0 Å². The molecule has 1 saturated carbocycles. The number of nitrogens with one attached hydrogen (secondary N) is 3. The minimum absolute atomic E-state index is 0.00946. The first-order chi connectivity index (χ1) is 31.1. The quantitative estimate of drug-likeness (QED) is 0.138. The van der Waals surface area contributed by atoms with Gasteiger partial charge in [-0.3, -0.25) is 29.3 Å². The van der Waals surface area contributed by atoms with Gasteiger partial charge < -0.3 is 25.2 Å². The smallest absolute Gasteiger partial charge is 0.278 e. The van der Waals surface area contributed by atoms with Gasteiger partial charge >= 0.3 is 0 Å². The molecule has 65 heavy (non-hydrogen) atoms. The summed E-state index contributed by atoms with van der Waals surface area (Å²) in [7, 11) is 0. The van der Waals surface area contributed by atoms with Gasteiger partial charge in [-0.15, -0.1) is 5.10 Å². The molecule has 4 aliphatic rings. The van der Waals surface area contributed by atoms with Crippen LogP contribution in [0.3, 0.4) is 0 Å². The van der Waals surface area contributed by atoms with Crippen LogP contribution in [0, 0.1) is 45.8 Å². The molecule has 15 nitrogen and oxygen atoms in total. The normalized spacial score (nSPS) is 22.2. The maximum absolute atomic E-state index is 13.4. The lowest BCUT2D eigenvalue weighted by atomic mass is 9.49. The van der Waals surface area contributed by atoms with Crippen LogP contribution in [-0.2, 0) is 14.4 Å². The van der Waals surface area contributed by atoms with Crippen molar-refractivity contribution < 1.29 is 23.9 Å². The highest BCUT2D eigenvalue weighted by Gasteiger charge is 2.64. The van der Waals surface area contributed by atoms with Crippen LogP contribution in [0.1, 0.15) is 93.7 Å². The number of imide groups is 1. The lowest BCUT2D eigenvalue weighted by molar-refractivity contribution is -0.164. The number of likely N-dealkylation sites (tertiary alicyclic amines) is 2. The van der Waals surface area contributed by atoms with E-state index in [4.69, 9.17) is 16.3 Å². The van der Waals surface area contributed by atoms with E-state index in [1.807, 2.05) is 29.2 Å². The molecule has 4 heterocycles. The number of ether oxygens (including phenoxy) is 1. The average molecular weight is 900 g/mol. The zero-order valence-corrected chi connectivity index (χ0v) is 37.9. The van der Waals surface area contributed by atoms with Crippen molar-refractivity contribution in [2.24, 2.45) is 22.7 Å². The number of fused-ring (bicyclic) bond motifs is 1. The van der Waals surface area contributed by atoms with Crippen molar-refractivity contribution in [2.75, 3.05) is 44.6 Å². The minimum Gasteiger partial charge on any atom is -0.489 e. The molecule has 1 aromatic heterocycles. The number of carbonyl (C=O) groups is 4. The molecule has 3 N–H and O–H groups in total. The molecule has 0 bridgehead atoms. The van der Waals surface area contributed by atoms with Crippen molar-refractivity contribution in [1.29, 1.82) is 5.26 Å². The average Bonchev–Trinajstić information content (AvgIpc) is 3.29. The third-order valence-corrected chi connectivity index (χ3v) is 14.0. The Kier molecular flexibility index (Phi) is 13.0. The van der Waals surface area contributed by atoms with Crippen LogP contribution in [-0.4, -0.2) is 99.8 Å². The SMILES string of the molecule is CC1(C)C(NC(=O)c2ccc(C#CC3CCN(CC4CCN(C(=O)CNc5ccc6nnn(C7CCC(=O)NC7=O)c(=O)c6c5)CC4)CC3)cc2)C(C)(C)C1Oc1ccc(C#N)c(Cl)c1. The number of piperidine rings is 3. The molecule has 1 unspecified atom stereocenters. The van der Waals surface area contributed by atoms with E-state index < -0.39 is 17.5 Å². The van der Waals surface area contributed by atoms with Gasteiger partial charge in [-0.25, -0.2) is 0 Å². The summed E-state index contributed by atoms with van der Waals surface area (Å²) in [4.78, 5) is 68.2. The number of halogens is 1. The molecule has 16 heteroatoms. The zero-order valence-electron chi connectivity index (χ0n) is 37.2. The molecule has 338 valence electrons. The number of nitrogens with zero attached hydrogens (tertiary/aromatic N) is 6. The molecule has 4 amide bonds. The number of hydrogen-bond donors (Lipinski definition) is 3. The molecule has 0 spiro atoms. The summed E-state index contributed by atoms with van der Waals surface area (Å²) in [5.74, 6) is 7.12. The fourth-order valence-corrected chi connectivity index (χ4v) is 10.5. The van der Waals surface area contributed by atoms with Crippen molar-refractivity contribution in [2.45, 2.75) is 84.4 Å². The minimum atomic E-state index is -0.910. The van der Waals surface area contributed by atoms with Crippen LogP contribution in [0.2, 0.25) is 5.02 Å². The second-order valence-electron chi connectivity index (χ2n) is 18.9.